The first kappa shape index (κ1) is 19.2. The normalized spacial score (nSPS) is 29.1. The second-order valence-electron chi connectivity index (χ2n) is 8.04. The molecule has 1 heterocycles. The molecule has 1 saturated carbocycles. The van der Waals surface area contributed by atoms with E-state index < -0.39 is 0 Å². The summed E-state index contributed by atoms with van der Waals surface area (Å²) in [6.45, 7) is 15.1. The fraction of sp³-hybridized carbons (Fsp3) is 1.00. The molecule has 23 heavy (non-hydrogen) atoms. The monoisotopic (exact) mass is 324 g/mol. The Hall–Kier alpha value is -0.120. The minimum Gasteiger partial charge on any atom is -0.379 e. The van der Waals surface area contributed by atoms with Crippen LogP contribution in [0.3, 0.4) is 0 Å². The number of rotatable bonds is 8. The van der Waals surface area contributed by atoms with Crippen molar-refractivity contribution < 1.29 is 4.74 Å². The molecule has 0 unspecified atom stereocenters. The van der Waals surface area contributed by atoms with Crippen LogP contribution in [0.4, 0.5) is 0 Å². The van der Waals surface area contributed by atoms with Gasteiger partial charge in [-0.25, -0.2) is 0 Å². The van der Waals surface area contributed by atoms with E-state index >= 15 is 0 Å². The topological polar surface area (TPSA) is 15.7 Å². The summed E-state index contributed by atoms with van der Waals surface area (Å²) < 4.78 is 5.77. The Morgan fingerprint density at radius 3 is 2.09 bits per heavy atom. The predicted octanol–water partition coefficient (Wildman–Crippen LogP) is 4.17. The van der Waals surface area contributed by atoms with Crippen LogP contribution < -0.4 is 0 Å². The van der Waals surface area contributed by atoms with Crippen molar-refractivity contribution in [2.24, 2.45) is 5.92 Å². The van der Waals surface area contributed by atoms with Crippen LogP contribution in [0.15, 0.2) is 0 Å². The van der Waals surface area contributed by atoms with Crippen LogP contribution in [0.1, 0.15) is 72.6 Å². The molecule has 0 radical (unpaired) electrons. The molecule has 1 aliphatic carbocycles. The van der Waals surface area contributed by atoms with Crippen LogP contribution in [0.2, 0.25) is 0 Å². The lowest BCUT2D eigenvalue weighted by molar-refractivity contribution is 0.0241. The average Bonchev–Trinajstić information content (AvgIpc) is 2.56. The summed E-state index contributed by atoms with van der Waals surface area (Å²) >= 11 is 0. The highest BCUT2D eigenvalue weighted by molar-refractivity contribution is 4.79. The molecular weight excluding hydrogens is 284 g/mol. The molecule has 2 rings (SSSR count). The van der Waals surface area contributed by atoms with Gasteiger partial charge in [0, 0.05) is 44.9 Å². The fourth-order valence-corrected chi connectivity index (χ4v) is 4.40. The summed E-state index contributed by atoms with van der Waals surface area (Å²) in [6, 6.07) is 1.48. The van der Waals surface area contributed by atoms with Gasteiger partial charge in [0.25, 0.3) is 0 Å². The van der Waals surface area contributed by atoms with E-state index in [0.717, 1.165) is 18.6 Å². The molecule has 0 amide bonds. The van der Waals surface area contributed by atoms with Crippen molar-refractivity contribution in [2.45, 2.75) is 90.8 Å². The van der Waals surface area contributed by atoms with Crippen molar-refractivity contribution in [3.63, 3.8) is 0 Å². The lowest BCUT2D eigenvalue weighted by atomic mass is 9.84. The van der Waals surface area contributed by atoms with Crippen molar-refractivity contribution in [1.82, 2.24) is 9.80 Å². The number of ether oxygens (including phenoxy) is 1. The Morgan fingerprint density at radius 1 is 0.913 bits per heavy atom. The van der Waals surface area contributed by atoms with Crippen LogP contribution in [0, 0.1) is 5.92 Å². The maximum Gasteiger partial charge on any atom is 0.0575 e. The van der Waals surface area contributed by atoms with Crippen LogP contribution in [0.25, 0.3) is 0 Å². The molecule has 2 aliphatic rings. The van der Waals surface area contributed by atoms with Gasteiger partial charge in [0.1, 0.15) is 0 Å². The molecule has 0 aromatic heterocycles. The molecule has 3 heteroatoms. The number of piperazine rings is 1. The standard InChI is InChI=1S/C20H40N2O/c1-5-23-20-11-9-19(10-12-20)8-6-7-18(4)22-15-13-21(14-16-22)17(2)3/h17-20H,5-16H2,1-4H3/t18-,19?,20?/m1/s1. The van der Waals surface area contributed by atoms with Crippen LogP contribution in [0.5, 0.6) is 0 Å². The van der Waals surface area contributed by atoms with E-state index in [1.807, 2.05) is 0 Å². The van der Waals surface area contributed by atoms with Gasteiger partial charge in [-0.05, 0) is 65.7 Å². The van der Waals surface area contributed by atoms with Crippen molar-refractivity contribution in [3.05, 3.63) is 0 Å². The molecule has 136 valence electrons. The molecule has 3 nitrogen and oxygen atoms in total. The van der Waals surface area contributed by atoms with Gasteiger partial charge in [0.15, 0.2) is 0 Å². The van der Waals surface area contributed by atoms with Crippen molar-refractivity contribution in [1.29, 1.82) is 0 Å². The van der Waals surface area contributed by atoms with Crippen LogP contribution in [-0.4, -0.2) is 60.8 Å². The SMILES string of the molecule is CCOC1CCC(CCC[C@@H](C)N2CCN(C(C)C)CC2)CC1. The zero-order chi connectivity index (χ0) is 16.7. The Balaban J connectivity index is 1.56. The lowest BCUT2D eigenvalue weighted by Gasteiger charge is -2.40. The Labute approximate surface area is 144 Å². The Bertz CT molecular complexity index is 305. The molecule has 0 spiro atoms. The second-order valence-corrected chi connectivity index (χ2v) is 8.04. The minimum atomic E-state index is 0.562. The van der Waals surface area contributed by atoms with Crippen LogP contribution >= 0.6 is 0 Å². The summed E-state index contributed by atoms with van der Waals surface area (Å²) in [4.78, 5) is 5.32. The smallest absolute Gasteiger partial charge is 0.0575 e. The third-order valence-electron chi connectivity index (χ3n) is 6.13. The minimum absolute atomic E-state index is 0.562. The van der Waals surface area contributed by atoms with E-state index in [-0.39, 0.29) is 0 Å². The molecule has 0 aromatic carbocycles. The highest BCUT2D eigenvalue weighted by Crippen LogP contribution is 2.30. The van der Waals surface area contributed by atoms with E-state index in [4.69, 9.17) is 4.74 Å². The van der Waals surface area contributed by atoms with Crippen LogP contribution in [-0.2, 0) is 4.74 Å². The first-order chi connectivity index (χ1) is 11.1. The van der Waals surface area contributed by atoms with Gasteiger partial charge in [-0.1, -0.05) is 12.8 Å². The van der Waals surface area contributed by atoms with E-state index in [1.54, 1.807) is 0 Å². The summed E-state index contributed by atoms with van der Waals surface area (Å²) in [5, 5.41) is 0. The molecule has 0 aromatic rings. The van der Waals surface area contributed by atoms with Gasteiger partial charge in [0.2, 0.25) is 0 Å². The average molecular weight is 325 g/mol. The lowest BCUT2D eigenvalue weighted by Crippen LogP contribution is -2.51. The first-order valence-electron chi connectivity index (χ1n) is 10.2. The largest absolute Gasteiger partial charge is 0.379 e. The highest BCUT2D eigenvalue weighted by Gasteiger charge is 2.24. The van der Waals surface area contributed by atoms with Gasteiger partial charge in [-0.3, -0.25) is 9.80 Å². The van der Waals surface area contributed by atoms with Crippen molar-refractivity contribution >= 4 is 0 Å². The molecule has 1 atom stereocenters. The van der Waals surface area contributed by atoms with Gasteiger partial charge in [0.05, 0.1) is 6.10 Å². The molecule has 1 saturated heterocycles. The summed E-state index contributed by atoms with van der Waals surface area (Å²) in [7, 11) is 0. The number of nitrogens with zero attached hydrogens (tertiary/aromatic N) is 2. The highest BCUT2D eigenvalue weighted by atomic mass is 16.5. The summed E-state index contributed by atoms with van der Waals surface area (Å²) in [6.07, 6.45) is 10.2. The molecular formula is C20H40N2O. The predicted molar refractivity (Wildman–Crippen MR) is 99.0 cm³/mol. The van der Waals surface area contributed by atoms with Gasteiger partial charge in [-0.15, -0.1) is 0 Å². The van der Waals surface area contributed by atoms with Crippen molar-refractivity contribution in [3.8, 4) is 0 Å². The van der Waals surface area contributed by atoms with Gasteiger partial charge in [-0.2, -0.15) is 0 Å². The van der Waals surface area contributed by atoms with Crippen molar-refractivity contribution in [2.75, 3.05) is 32.8 Å². The fourth-order valence-electron chi connectivity index (χ4n) is 4.40. The van der Waals surface area contributed by atoms with E-state index in [1.165, 1.54) is 71.1 Å². The second kappa shape index (κ2) is 10.0. The maximum atomic E-state index is 5.77. The molecule has 1 aliphatic heterocycles. The number of hydrogen-bond donors (Lipinski definition) is 0. The maximum absolute atomic E-state index is 5.77. The summed E-state index contributed by atoms with van der Waals surface area (Å²) in [5.41, 5.74) is 0. The molecule has 0 N–H and O–H groups in total. The quantitative estimate of drug-likeness (QED) is 0.666. The van der Waals surface area contributed by atoms with E-state index in [9.17, 15) is 0 Å². The molecule has 0 bridgehead atoms. The first-order valence-corrected chi connectivity index (χ1v) is 10.2. The Morgan fingerprint density at radius 2 is 1.52 bits per heavy atom. The molecule has 2 fully saturated rings. The number of hydrogen-bond acceptors (Lipinski definition) is 3. The Kier molecular flexibility index (Phi) is 8.35. The summed E-state index contributed by atoms with van der Waals surface area (Å²) in [5.74, 6) is 0.969. The van der Waals surface area contributed by atoms with Gasteiger partial charge < -0.3 is 4.74 Å². The zero-order valence-corrected chi connectivity index (χ0v) is 16.1. The third kappa shape index (κ3) is 6.36. The van der Waals surface area contributed by atoms with E-state index in [2.05, 4.69) is 37.5 Å². The zero-order valence-electron chi connectivity index (χ0n) is 16.1. The van der Waals surface area contributed by atoms with Gasteiger partial charge >= 0.3 is 0 Å². The van der Waals surface area contributed by atoms with E-state index in [0.29, 0.717) is 12.1 Å². The third-order valence-corrected chi connectivity index (χ3v) is 6.13.